The van der Waals surface area contributed by atoms with Gasteiger partial charge in [-0.05, 0) is 33.2 Å². The number of hydrogen-bond acceptors (Lipinski definition) is 3. The summed E-state index contributed by atoms with van der Waals surface area (Å²) in [7, 11) is 0. The lowest BCUT2D eigenvalue weighted by atomic mass is 10.0. The first kappa shape index (κ1) is 13.9. The van der Waals surface area contributed by atoms with Crippen LogP contribution in [0.5, 0.6) is 0 Å². The molecule has 1 unspecified atom stereocenters. The topological polar surface area (TPSA) is 24.5 Å². The van der Waals surface area contributed by atoms with Gasteiger partial charge in [-0.1, -0.05) is 13.8 Å². The van der Waals surface area contributed by atoms with Crippen LogP contribution in [0, 0.1) is 0 Å². The molecule has 1 heterocycles. The average molecular weight is 228 g/mol. The van der Waals surface area contributed by atoms with E-state index in [1.807, 2.05) is 0 Å². The normalized spacial score (nSPS) is 23.2. The largest absolute Gasteiger partial charge is 0.378 e. The third-order valence-corrected chi connectivity index (χ3v) is 3.43. The third kappa shape index (κ3) is 4.04. The zero-order chi connectivity index (χ0) is 12.0. The molecule has 1 fully saturated rings. The van der Waals surface area contributed by atoms with Crippen LogP contribution < -0.4 is 5.32 Å². The summed E-state index contributed by atoms with van der Waals surface area (Å²) in [4.78, 5) is 2.56. The number of rotatable bonds is 6. The molecular weight excluding hydrogens is 200 g/mol. The lowest BCUT2D eigenvalue weighted by Gasteiger charge is -2.43. The molecule has 0 aromatic heterocycles. The average Bonchev–Trinajstić information content (AvgIpc) is 2.26. The van der Waals surface area contributed by atoms with Gasteiger partial charge in [-0.25, -0.2) is 0 Å². The Kier molecular flexibility index (Phi) is 5.73. The Morgan fingerprint density at radius 1 is 1.38 bits per heavy atom. The number of hydrogen-bond donors (Lipinski definition) is 1. The maximum absolute atomic E-state index is 5.55. The van der Waals surface area contributed by atoms with Crippen LogP contribution >= 0.6 is 0 Å². The van der Waals surface area contributed by atoms with E-state index in [1.54, 1.807) is 0 Å². The van der Waals surface area contributed by atoms with Crippen LogP contribution in [0.15, 0.2) is 0 Å². The van der Waals surface area contributed by atoms with Crippen LogP contribution in [0.1, 0.15) is 40.5 Å². The first-order chi connectivity index (χ1) is 7.60. The van der Waals surface area contributed by atoms with Gasteiger partial charge in [0.15, 0.2) is 0 Å². The molecule has 0 radical (unpaired) electrons. The van der Waals surface area contributed by atoms with Crippen molar-refractivity contribution >= 4 is 0 Å². The van der Waals surface area contributed by atoms with Crippen molar-refractivity contribution in [3.05, 3.63) is 0 Å². The summed E-state index contributed by atoms with van der Waals surface area (Å²) in [6.45, 7) is 14.1. The van der Waals surface area contributed by atoms with Gasteiger partial charge < -0.3 is 10.1 Å². The van der Waals surface area contributed by atoms with E-state index in [-0.39, 0.29) is 5.54 Å². The summed E-state index contributed by atoms with van der Waals surface area (Å²) < 4.78 is 5.55. The van der Waals surface area contributed by atoms with E-state index in [4.69, 9.17) is 4.74 Å². The molecule has 16 heavy (non-hydrogen) atoms. The van der Waals surface area contributed by atoms with E-state index < -0.39 is 0 Å². The van der Waals surface area contributed by atoms with Gasteiger partial charge in [0, 0.05) is 24.7 Å². The van der Waals surface area contributed by atoms with Crippen LogP contribution in [0.3, 0.4) is 0 Å². The fourth-order valence-corrected chi connectivity index (χ4v) is 2.18. The Morgan fingerprint density at radius 3 is 2.69 bits per heavy atom. The maximum Gasteiger partial charge on any atom is 0.0645 e. The molecule has 3 heteroatoms. The Hall–Kier alpha value is -0.120. The Morgan fingerprint density at radius 2 is 2.12 bits per heavy atom. The Labute approximate surface area is 101 Å². The highest BCUT2D eigenvalue weighted by molar-refractivity contribution is 4.86. The summed E-state index contributed by atoms with van der Waals surface area (Å²) in [5, 5.41) is 3.62. The van der Waals surface area contributed by atoms with Crippen molar-refractivity contribution in [2.24, 2.45) is 0 Å². The van der Waals surface area contributed by atoms with Crippen LogP contribution in [-0.4, -0.2) is 49.3 Å². The second-order valence-electron chi connectivity index (χ2n) is 5.37. The van der Waals surface area contributed by atoms with E-state index in [9.17, 15) is 0 Å². The molecule has 3 nitrogen and oxygen atoms in total. The number of ether oxygens (including phenoxy) is 1. The fraction of sp³-hybridized carbons (Fsp3) is 1.00. The van der Waals surface area contributed by atoms with E-state index in [1.165, 1.54) is 12.8 Å². The van der Waals surface area contributed by atoms with Crippen LogP contribution in [0.25, 0.3) is 0 Å². The van der Waals surface area contributed by atoms with E-state index >= 15 is 0 Å². The smallest absolute Gasteiger partial charge is 0.0645 e. The fourth-order valence-electron chi connectivity index (χ4n) is 2.18. The molecule has 0 aromatic rings. The zero-order valence-corrected chi connectivity index (χ0v) is 11.4. The molecule has 0 amide bonds. The molecule has 0 saturated carbocycles. The quantitative estimate of drug-likeness (QED) is 0.751. The second-order valence-corrected chi connectivity index (χ2v) is 5.37. The number of nitrogens with zero attached hydrogens (tertiary/aromatic N) is 1. The Bertz CT molecular complexity index is 194. The van der Waals surface area contributed by atoms with Gasteiger partial charge in [0.2, 0.25) is 0 Å². The minimum Gasteiger partial charge on any atom is -0.378 e. The molecule has 0 aliphatic carbocycles. The van der Waals surface area contributed by atoms with Gasteiger partial charge in [0.1, 0.15) is 0 Å². The summed E-state index contributed by atoms with van der Waals surface area (Å²) >= 11 is 0. The van der Waals surface area contributed by atoms with Gasteiger partial charge >= 0.3 is 0 Å². The standard InChI is InChI=1S/C13H28N2O/c1-5-7-14-12(6-2)10-15-8-9-16-11-13(15,3)4/h12,14H,5-11H2,1-4H3. The van der Waals surface area contributed by atoms with Gasteiger partial charge in [0.05, 0.1) is 13.2 Å². The zero-order valence-electron chi connectivity index (χ0n) is 11.4. The minimum absolute atomic E-state index is 0.194. The van der Waals surface area contributed by atoms with Crippen LogP contribution in [-0.2, 0) is 4.74 Å². The monoisotopic (exact) mass is 228 g/mol. The summed E-state index contributed by atoms with van der Waals surface area (Å²) in [6.07, 6.45) is 2.41. The van der Waals surface area contributed by atoms with Crippen molar-refractivity contribution in [1.82, 2.24) is 10.2 Å². The molecule has 1 rings (SSSR count). The second kappa shape index (κ2) is 6.58. The van der Waals surface area contributed by atoms with E-state index in [0.717, 1.165) is 32.8 Å². The van der Waals surface area contributed by atoms with Crippen molar-refractivity contribution < 1.29 is 4.74 Å². The maximum atomic E-state index is 5.55. The lowest BCUT2D eigenvalue weighted by Crippen LogP contribution is -2.56. The molecule has 0 spiro atoms. The summed E-state index contributed by atoms with van der Waals surface area (Å²) in [6, 6.07) is 0.623. The van der Waals surface area contributed by atoms with Crippen LogP contribution in [0.4, 0.5) is 0 Å². The van der Waals surface area contributed by atoms with E-state index in [2.05, 4.69) is 37.9 Å². The predicted octanol–water partition coefficient (Wildman–Crippen LogP) is 1.88. The van der Waals surface area contributed by atoms with Gasteiger partial charge in [-0.15, -0.1) is 0 Å². The third-order valence-electron chi connectivity index (χ3n) is 3.43. The summed E-state index contributed by atoms with van der Waals surface area (Å²) in [5.41, 5.74) is 0.194. The van der Waals surface area contributed by atoms with Gasteiger partial charge in [-0.2, -0.15) is 0 Å². The van der Waals surface area contributed by atoms with Crippen molar-refractivity contribution in [2.75, 3.05) is 32.8 Å². The van der Waals surface area contributed by atoms with Gasteiger partial charge in [0.25, 0.3) is 0 Å². The molecule has 96 valence electrons. The molecule has 0 bridgehead atoms. The minimum atomic E-state index is 0.194. The van der Waals surface area contributed by atoms with Crippen molar-refractivity contribution in [1.29, 1.82) is 0 Å². The Balaban J connectivity index is 2.42. The molecule has 1 atom stereocenters. The molecule has 1 saturated heterocycles. The molecule has 1 aliphatic heterocycles. The van der Waals surface area contributed by atoms with Gasteiger partial charge in [-0.3, -0.25) is 4.90 Å². The van der Waals surface area contributed by atoms with Crippen molar-refractivity contribution in [2.45, 2.75) is 52.1 Å². The first-order valence-electron chi connectivity index (χ1n) is 6.66. The van der Waals surface area contributed by atoms with Crippen molar-refractivity contribution in [3.8, 4) is 0 Å². The first-order valence-corrected chi connectivity index (χ1v) is 6.66. The van der Waals surface area contributed by atoms with E-state index in [0.29, 0.717) is 6.04 Å². The highest BCUT2D eigenvalue weighted by Crippen LogP contribution is 2.19. The predicted molar refractivity (Wildman–Crippen MR) is 68.8 cm³/mol. The van der Waals surface area contributed by atoms with Crippen molar-refractivity contribution in [3.63, 3.8) is 0 Å². The highest BCUT2D eigenvalue weighted by Gasteiger charge is 2.31. The molecule has 1 N–H and O–H groups in total. The SMILES string of the molecule is CCCNC(CC)CN1CCOCC1(C)C. The number of morpholine rings is 1. The molecule has 1 aliphatic rings. The lowest BCUT2D eigenvalue weighted by molar-refractivity contribution is -0.0545. The summed E-state index contributed by atoms with van der Waals surface area (Å²) in [5.74, 6) is 0. The molecule has 0 aromatic carbocycles. The highest BCUT2D eigenvalue weighted by atomic mass is 16.5. The molecular formula is C13H28N2O. The number of nitrogens with one attached hydrogen (secondary N) is 1. The van der Waals surface area contributed by atoms with Crippen LogP contribution in [0.2, 0.25) is 0 Å².